The van der Waals surface area contributed by atoms with Crippen molar-refractivity contribution in [1.29, 1.82) is 0 Å². The van der Waals surface area contributed by atoms with Gasteiger partial charge in [0.05, 0.1) is 11.4 Å². The Morgan fingerprint density at radius 3 is 2.30 bits per heavy atom. The van der Waals surface area contributed by atoms with Gasteiger partial charge in [-0.3, -0.25) is 4.72 Å². The highest BCUT2D eigenvalue weighted by Crippen LogP contribution is 2.22. The van der Waals surface area contributed by atoms with E-state index in [9.17, 15) is 21.2 Å². The first-order valence-electron chi connectivity index (χ1n) is 5.76. The van der Waals surface area contributed by atoms with E-state index in [0.717, 1.165) is 18.2 Å². The van der Waals surface area contributed by atoms with Crippen LogP contribution in [0.15, 0.2) is 23.1 Å². The lowest BCUT2D eigenvalue weighted by Crippen LogP contribution is -2.18. The largest absolute Gasteiger partial charge is 0.283 e. The van der Waals surface area contributed by atoms with E-state index in [0.29, 0.717) is 6.42 Å². The maximum Gasteiger partial charge on any atom is 0.264 e. The first-order chi connectivity index (χ1) is 9.01. The van der Waals surface area contributed by atoms with E-state index in [1.165, 1.54) is 0 Å². The average Bonchev–Trinajstić information content (AvgIpc) is 2.24. The Morgan fingerprint density at radius 1 is 1.25 bits per heavy atom. The Bertz CT molecular complexity index is 686. The third-order valence-electron chi connectivity index (χ3n) is 2.43. The highest BCUT2D eigenvalue weighted by atomic mass is 35.7. The van der Waals surface area contributed by atoms with Crippen molar-refractivity contribution in [2.24, 2.45) is 5.92 Å². The lowest BCUT2D eigenvalue weighted by Gasteiger charge is -2.10. The zero-order valence-electron chi connectivity index (χ0n) is 10.9. The Kier molecular flexibility index (Phi) is 5.39. The molecule has 114 valence electrons. The fraction of sp³-hybridized carbons (Fsp3) is 0.455. The highest BCUT2D eigenvalue weighted by molar-refractivity contribution is 8.13. The first-order valence-corrected chi connectivity index (χ1v) is 9.72. The molecule has 0 amide bonds. The third kappa shape index (κ3) is 5.26. The van der Waals surface area contributed by atoms with Gasteiger partial charge in [-0.05, 0) is 30.5 Å². The molecule has 0 aliphatic carbocycles. The Balaban J connectivity index is 2.93. The molecule has 5 nitrogen and oxygen atoms in total. The maximum absolute atomic E-state index is 13.5. The average molecular weight is 344 g/mol. The second-order valence-electron chi connectivity index (χ2n) is 4.69. The quantitative estimate of drug-likeness (QED) is 0.805. The minimum absolute atomic E-state index is 0.0460. The van der Waals surface area contributed by atoms with E-state index in [-0.39, 0.29) is 17.4 Å². The number of hydrogen-bond donors (Lipinski definition) is 1. The minimum Gasteiger partial charge on any atom is -0.283 e. The topological polar surface area (TPSA) is 80.3 Å². The fourth-order valence-corrected chi connectivity index (χ4v) is 3.65. The number of rotatable bonds is 6. The van der Waals surface area contributed by atoms with Crippen molar-refractivity contribution < 1.29 is 21.2 Å². The van der Waals surface area contributed by atoms with Crippen molar-refractivity contribution in [3.8, 4) is 0 Å². The normalized spacial score (nSPS) is 12.7. The Morgan fingerprint density at radius 2 is 1.85 bits per heavy atom. The van der Waals surface area contributed by atoms with Gasteiger partial charge in [0.2, 0.25) is 10.0 Å². The predicted molar refractivity (Wildman–Crippen MR) is 76.3 cm³/mol. The zero-order chi connectivity index (χ0) is 15.6. The van der Waals surface area contributed by atoms with Gasteiger partial charge in [0, 0.05) is 10.7 Å². The van der Waals surface area contributed by atoms with E-state index in [2.05, 4.69) is 4.72 Å². The van der Waals surface area contributed by atoms with Crippen LogP contribution in [0.1, 0.15) is 20.3 Å². The molecule has 9 heteroatoms. The van der Waals surface area contributed by atoms with Gasteiger partial charge in [-0.1, -0.05) is 13.8 Å². The SMILES string of the molecule is CC(C)CCS(=O)(=O)Nc1ccc(S(=O)(=O)Cl)c(F)c1. The summed E-state index contributed by atoms with van der Waals surface area (Å²) in [6, 6.07) is 2.84. The van der Waals surface area contributed by atoms with Crippen LogP contribution in [0.25, 0.3) is 0 Å². The van der Waals surface area contributed by atoms with E-state index >= 15 is 0 Å². The van der Waals surface area contributed by atoms with Crippen LogP contribution in [-0.4, -0.2) is 22.6 Å². The Hall–Kier alpha value is -0.860. The molecular weight excluding hydrogens is 329 g/mol. The number of benzene rings is 1. The number of hydrogen-bond acceptors (Lipinski definition) is 4. The molecule has 0 aromatic heterocycles. The van der Waals surface area contributed by atoms with Crippen LogP contribution in [0.3, 0.4) is 0 Å². The molecule has 1 rings (SSSR count). The van der Waals surface area contributed by atoms with Gasteiger partial charge in [0.15, 0.2) is 0 Å². The molecule has 0 fully saturated rings. The molecule has 20 heavy (non-hydrogen) atoms. The summed E-state index contributed by atoms with van der Waals surface area (Å²) in [7, 11) is -2.76. The molecular formula is C11H15ClFNO4S2. The van der Waals surface area contributed by atoms with Gasteiger partial charge >= 0.3 is 0 Å². The van der Waals surface area contributed by atoms with Crippen molar-refractivity contribution >= 4 is 35.4 Å². The summed E-state index contributed by atoms with van der Waals surface area (Å²) in [6.45, 7) is 3.77. The molecule has 1 N–H and O–H groups in total. The monoisotopic (exact) mass is 343 g/mol. The van der Waals surface area contributed by atoms with E-state index in [4.69, 9.17) is 10.7 Å². The summed E-state index contributed by atoms with van der Waals surface area (Å²) < 4.78 is 61.2. The first kappa shape index (κ1) is 17.2. The molecule has 1 aromatic rings. The van der Waals surface area contributed by atoms with Gasteiger partial charge in [-0.15, -0.1) is 0 Å². The smallest absolute Gasteiger partial charge is 0.264 e. The molecule has 0 heterocycles. The molecule has 0 spiro atoms. The van der Waals surface area contributed by atoms with Crippen LogP contribution in [0.2, 0.25) is 0 Å². The second kappa shape index (κ2) is 6.28. The van der Waals surface area contributed by atoms with Gasteiger partial charge < -0.3 is 0 Å². The van der Waals surface area contributed by atoms with Crippen molar-refractivity contribution in [2.75, 3.05) is 10.5 Å². The molecule has 0 bridgehead atoms. The Labute approximate surface area is 122 Å². The summed E-state index contributed by atoms with van der Waals surface area (Å²) in [5.41, 5.74) is -0.0460. The zero-order valence-corrected chi connectivity index (χ0v) is 13.3. The van der Waals surface area contributed by atoms with Gasteiger partial charge in [0.25, 0.3) is 9.05 Å². The molecule has 0 aliphatic heterocycles. The van der Waals surface area contributed by atoms with Crippen molar-refractivity contribution in [3.63, 3.8) is 0 Å². The van der Waals surface area contributed by atoms with Crippen molar-refractivity contribution in [2.45, 2.75) is 25.2 Å². The van der Waals surface area contributed by atoms with Crippen LogP contribution in [-0.2, 0) is 19.1 Å². The van der Waals surface area contributed by atoms with E-state index < -0.39 is 29.8 Å². The lowest BCUT2D eigenvalue weighted by molar-refractivity contribution is 0.575. The maximum atomic E-state index is 13.5. The molecule has 1 aromatic carbocycles. The van der Waals surface area contributed by atoms with Crippen molar-refractivity contribution in [1.82, 2.24) is 0 Å². The lowest BCUT2D eigenvalue weighted by atomic mass is 10.2. The number of sulfonamides is 1. The molecule has 0 unspecified atom stereocenters. The molecule has 0 atom stereocenters. The van der Waals surface area contributed by atoms with Crippen molar-refractivity contribution in [3.05, 3.63) is 24.0 Å². The van der Waals surface area contributed by atoms with E-state index in [1.807, 2.05) is 13.8 Å². The van der Waals surface area contributed by atoms with Crippen LogP contribution < -0.4 is 4.72 Å². The highest BCUT2D eigenvalue weighted by Gasteiger charge is 2.18. The van der Waals surface area contributed by atoms with Gasteiger partial charge in [0.1, 0.15) is 10.7 Å². The van der Waals surface area contributed by atoms with Crippen LogP contribution in [0, 0.1) is 11.7 Å². The summed E-state index contributed by atoms with van der Waals surface area (Å²) >= 11 is 0. The van der Waals surface area contributed by atoms with Gasteiger partial charge in [-0.25, -0.2) is 21.2 Å². The van der Waals surface area contributed by atoms with Gasteiger partial charge in [-0.2, -0.15) is 0 Å². The number of anilines is 1. The molecule has 0 aliphatic rings. The standard InChI is InChI=1S/C11H15ClFNO4S2/c1-8(2)5-6-19(15,16)14-9-3-4-11(10(13)7-9)20(12,17)18/h3-4,7-8,14H,5-6H2,1-2H3. The number of nitrogens with one attached hydrogen (secondary N) is 1. The molecule has 0 saturated carbocycles. The van der Waals surface area contributed by atoms with Crippen LogP contribution in [0.4, 0.5) is 10.1 Å². The summed E-state index contributed by atoms with van der Waals surface area (Å²) in [5, 5.41) is 0. The second-order valence-corrected chi connectivity index (χ2v) is 9.06. The van der Waals surface area contributed by atoms with E-state index in [1.54, 1.807) is 0 Å². The fourth-order valence-electron chi connectivity index (χ4n) is 1.38. The summed E-state index contributed by atoms with van der Waals surface area (Å²) in [6.07, 6.45) is 0.464. The minimum atomic E-state index is -4.20. The number of halogens is 2. The third-order valence-corrected chi connectivity index (χ3v) is 5.11. The van der Waals surface area contributed by atoms with Crippen LogP contribution in [0.5, 0.6) is 0 Å². The van der Waals surface area contributed by atoms with Crippen LogP contribution >= 0.6 is 10.7 Å². The summed E-state index contributed by atoms with van der Waals surface area (Å²) in [5.74, 6) is -0.988. The summed E-state index contributed by atoms with van der Waals surface area (Å²) in [4.78, 5) is -0.690. The molecule has 0 radical (unpaired) electrons. The predicted octanol–water partition coefficient (Wildman–Crippen LogP) is 2.54. The molecule has 0 saturated heterocycles.